The van der Waals surface area contributed by atoms with Gasteiger partial charge in [-0.1, -0.05) is 36.4 Å². The minimum absolute atomic E-state index is 0.243. The second-order valence-electron chi connectivity index (χ2n) is 4.53. The monoisotopic (exact) mass is 298 g/mol. The second kappa shape index (κ2) is 7.83. The Balaban J connectivity index is 2.11. The fourth-order valence-corrected chi connectivity index (χ4v) is 1.88. The van der Waals surface area contributed by atoms with Crippen LogP contribution >= 0.6 is 0 Å². The summed E-state index contributed by atoms with van der Waals surface area (Å²) in [6.07, 6.45) is -0.949. The number of nitrogens with one attached hydrogen (secondary N) is 2. The molecule has 22 heavy (non-hydrogen) atoms. The smallest absolute Gasteiger partial charge is 0.349 e. The third-order valence-corrected chi connectivity index (χ3v) is 2.92. The van der Waals surface area contributed by atoms with Gasteiger partial charge in [-0.25, -0.2) is 4.79 Å². The van der Waals surface area contributed by atoms with Crippen LogP contribution < -0.4 is 10.6 Å². The Morgan fingerprint density at radius 2 is 1.59 bits per heavy atom. The molecule has 2 aromatic carbocycles. The van der Waals surface area contributed by atoms with E-state index < -0.39 is 12.1 Å². The average molecular weight is 298 g/mol. The van der Waals surface area contributed by atoms with Crippen molar-refractivity contribution >= 4 is 17.6 Å². The van der Waals surface area contributed by atoms with Gasteiger partial charge in [0.15, 0.2) is 6.17 Å². The first-order valence-electron chi connectivity index (χ1n) is 7.05. The van der Waals surface area contributed by atoms with Crippen molar-refractivity contribution in [3.05, 3.63) is 66.2 Å². The van der Waals surface area contributed by atoms with E-state index in [9.17, 15) is 9.59 Å². The summed E-state index contributed by atoms with van der Waals surface area (Å²) in [7, 11) is 0. The van der Waals surface area contributed by atoms with Crippen LogP contribution in [0.15, 0.2) is 60.7 Å². The molecular weight excluding hydrogens is 280 g/mol. The number of hydrogen-bond donors (Lipinski definition) is 2. The zero-order valence-corrected chi connectivity index (χ0v) is 12.3. The van der Waals surface area contributed by atoms with Gasteiger partial charge < -0.3 is 15.4 Å². The lowest BCUT2D eigenvalue weighted by Crippen LogP contribution is -2.47. The van der Waals surface area contributed by atoms with Crippen LogP contribution in [0.3, 0.4) is 0 Å². The van der Waals surface area contributed by atoms with Crippen LogP contribution in [0.2, 0.25) is 0 Å². The molecule has 0 saturated carbocycles. The maximum Gasteiger partial charge on any atom is 0.349 e. The first kappa shape index (κ1) is 15.6. The summed E-state index contributed by atoms with van der Waals surface area (Å²) in [6.45, 7) is 1.96. The van der Waals surface area contributed by atoms with Crippen molar-refractivity contribution in [2.75, 3.05) is 11.9 Å². The molecule has 0 spiro atoms. The highest BCUT2D eigenvalue weighted by atomic mass is 16.5. The third kappa shape index (κ3) is 4.34. The maximum atomic E-state index is 12.2. The lowest BCUT2D eigenvalue weighted by molar-refractivity contribution is -0.144. The van der Waals surface area contributed by atoms with E-state index in [0.717, 1.165) is 0 Å². The van der Waals surface area contributed by atoms with E-state index in [0.29, 0.717) is 11.3 Å². The fraction of sp³-hybridized carbons (Fsp3) is 0.176. The largest absolute Gasteiger partial charge is 0.463 e. The summed E-state index contributed by atoms with van der Waals surface area (Å²) in [5.41, 5.74) is 1.19. The molecular formula is C17H18N2O3. The van der Waals surface area contributed by atoms with Crippen molar-refractivity contribution < 1.29 is 14.3 Å². The average Bonchev–Trinajstić information content (AvgIpc) is 2.56. The Morgan fingerprint density at radius 1 is 1.00 bits per heavy atom. The number of carbonyl (C=O) groups is 2. The fourth-order valence-electron chi connectivity index (χ4n) is 1.88. The van der Waals surface area contributed by atoms with E-state index in [-0.39, 0.29) is 12.5 Å². The van der Waals surface area contributed by atoms with E-state index in [1.807, 2.05) is 24.3 Å². The van der Waals surface area contributed by atoms with Crippen LogP contribution in [0.25, 0.3) is 0 Å². The van der Waals surface area contributed by atoms with Crippen molar-refractivity contribution in [3.8, 4) is 0 Å². The van der Waals surface area contributed by atoms with Crippen molar-refractivity contribution in [3.63, 3.8) is 0 Å². The number of carbonyl (C=O) groups excluding carboxylic acids is 2. The Bertz CT molecular complexity index is 614. The van der Waals surface area contributed by atoms with Crippen molar-refractivity contribution in [1.29, 1.82) is 0 Å². The van der Waals surface area contributed by atoms with Gasteiger partial charge in [0.05, 0.1) is 6.61 Å². The van der Waals surface area contributed by atoms with E-state index >= 15 is 0 Å². The van der Waals surface area contributed by atoms with Gasteiger partial charge >= 0.3 is 5.97 Å². The zero-order valence-electron chi connectivity index (χ0n) is 12.3. The predicted octanol–water partition coefficient (Wildman–Crippen LogP) is 2.42. The molecule has 2 N–H and O–H groups in total. The molecule has 2 rings (SSSR count). The van der Waals surface area contributed by atoms with E-state index in [1.54, 1.807) is 43.3 Å². The molecule has 2 aromatic rings. The van der Waals surface area contributed by atoms with Crippen LogP contribution in [0, 0.1) is 0 Å². The number of amides is 1. The highest BCUT2D eigenvalue weighted by Crippen LogP contribution is 2.08. The van der Waals surface area contributed by atoms with Gasteiger partial charge in [-0.3, -0.25) is 4.79 Å². The Hall–Kier alpha value is -2.82. The molecule has 1 amide bonds. The second-order valence-corrected chi connectivity index (χ2v) is 4.53. The van der Waals surface area contributed by atoms with Gasteiger partial charge in [0.1, 0.15) is 0 Å². The number of ether oxygens (including phenoxy) is 1. The lowest BCUT2D eigenvalue weighted by Gasteiger charge is -2.19. The summed E-state index contributed by atoms with van der Waals surface area (Å²) in [6, 6.07) is 17.9. The molecule has 0 fully saturated rings. The Kier molecular flexibility index (Phi) is 5.54. The maximum absolute atomic E-state index is 12.2. The van der Waals surface area contributed by atoms with E-state index in [4.69, 9.17) is 4.74 Å². The SMILES string of the molecule is CCOC(=O)C(NC(=O)c1ccccc1)Nc1ccccc1. The van der Waals surface area contributed by atoms with Crippen LogP contribution in [-0.4, -0.2) is 24.6 Å². The number of benzene rings is 2. The number of hydrogen-bond acceptors (Lipinski definition) is 4. The normalized spacial score (nSPS) is 11.3. The molecule has 5 heteroatoms. The lowest BCUT2D eigenvalue weighted by atomic mass is 10.2. The van der Waals surface area contributed by atoms with Crippen LogP contribution in [0.5, 0.6) is 0 Å². The summed E-state index contributed by atoms with van der Waals surface area (Å²) in [5, 5.41) is 5.60. The van der Waals surface area contributed by atoms with Crippen molar-refractivity contribution in [2.24, 2.45) is 0 Å². The standard InChI is InChI=1S/C17H18N2O3/c1-2-22-17(21)15(18-14-11-7-4-8-12-14)19-16(20)13-9-5-3-6-10-13/h3-12,15,18H,2H2,1H3,(H,19,20). The first-order valence-corrected chi connectivity index (χ1v) is 7.05. The molecule has 5 nitrogen and oxygen atoms in total. The molecule has 0 aliphatic carbocycles. The van der Waals surface area contributed by atoms with Crippen LogP contribution in [0.4, 0.5) is 5.69 Å². The number of anilines is 1. The third-order valence-electron chi connectivity index (χ3n) is 2.92. The molecule has 0 heterocycles. The quantitative estimate of drug-likeness (QED) is 0.635. The zero-order chi connectivity index (χ0) is 15.8. The number of esters is 1. The van der Waals surface area contributed by atoms with E-state index in [1.165, 1.54) is 0 Å². The number of para-hydroxylation sites is 1. The minimum Gasteiger partial charge on any atom is -0.463 e. The Morgan fingerprint density at radius 3 is 2.18 bits per heavy atom. The molecule has 0 saturated heterocycles. The van der Waals surface area contributed by atoms with Gasteiger partial charge in [0.25, 0.3) is 5.91 Å². The molecule has 0 bridgehead atoms. The summed E-state index contributed by atoms with van der Waals surface area (Å²) >= 11 is 0. The number of rotatable bonds is 6. The van der Waals surface area contributed by atoms with Crippen LogP contribution in [-0.2, 0) is 9.53 Å². The summed E-state index contributed by atoms with van der Waals surface area (Å²) in [4.78, 5) is 24.2. The summed E-state index contributed by atoms with van der Waals surface area (Å²) < 4.78 is 5.00. The van der Waals surface area contributed by atoms with Crippen molar-refractivity contribution in [2.45, 2.75) is 13.1 Å². The van der Waals surface area contributed by atoms with Crippen molar-refractivity contribution in [1.82, 2.24) is 5.32 Å². The molecule has 0 radical (unpaired) electrons. The molecule has 0 aliphatic rings. The van der Waals surface area contributed by atoms with Crippen LogP contribution in [0.1, 0.15) is 17.3 Å². The first-order chi connectivity index (χ1) is 10.7. The summed E-state index contributed by atoms with van der Waals surface area (Å²) in [5.74, 6) is -0.877. The van der Waals surface area contributed by atoms with Gasteiger partial charge in [-0.2, -0.15) is 0 Å². The van der Waals surface area contributed by atoms with Gasteiger partial charge in [0.2, 0.25) is 0 Å². The Labute approximate surface area is 129 Å². The van der Waals surface area contributed by atoms with E-state index in [2.05, 4.69) is 10.6 Å². The molecule has 114 valence electrons. The highest BCUT2D eigenvalue weighted by Gasteiger charge is 2.22. The van der Waals surface area contributed by atoms with Gasteiger partial charge in [-0.15, -0.1) is 0 Å². The minimum atomic E-state index is -0.949. The highest BCUT2D eigenvalue weighted by molar-refractivity contribution is 5.97. The molecule has 0 aliphatic heterocycles. The van der Waals surface area contributed by atoms with Gasteiger partial charge in [0, 0.05) is 11.3 Å². The molecule has 1 unspecified atom stereocenters. The predicted molar refractivity (Wildman–Crippen MR) is 84.4 cm³/mol. The molecule has 0 aromatic heterocycles. The topological polar surface area (TPSA) is 67.4 Å². The molecule has 1 atom stereocenters. The van der Waals surface area contributed by atoms with Gasteiger partial charge in [-0.05, 0) is 31.2 Å².